The van der Waals surface area contributed by atoms with Gasteiger partial charge in [0.15, 0.2) is 0 Å². The third-order valence-corrected chi connectivity index (χ3v) is 4.80. The molecule has 1 heterocycles. The maximum absolute atomic E-state index is 12.5. The van der Waals surface area contributed by atoms with Crippen molar-refractivity contribution >= 4 is 11.6 Å². The van der Waals surface area contributed by atoms with Crippen molar-refractivity contribution in [3.63, 3.8) is 0 Å². The van der Waals surface area contributed by atoms with Crippen LogP contribution in [0.15, 0.2) is 54.6 Å². The average Bonchev–Trinajstić information content (AvgIpc) is 2.67. The van der Waals surface area contributed by atoms with E-state index in [0.717, 1.165) is 0 Å². The molecule has 1 saturated heterocycles. The zero-order valence-corrected chi connectivity index (χ0v) is 14.4. The number of carbonyl (C=O) groups excluding carboxylic acids is 1. The van der Waals surface area contributed by atoms with Gasteiger partial charge in [0.1, 0.15) is 12.2 Å². The van der Waals surface area contributed by atoms with Crippen LogP contribution < -0.4 is 5.32 Å². The minimum absolute atomic E-state index is 0.254. The van der Waals surface area contributed by atoms with Crippen molar-refractivity contribution in [1.29, 1.82) is 0 Å². The quantitative estimate of drug-likeness (QED) is 0.668. The number of aliphatic hydroxyl groups is 3. The van der Waals surface area contributed by atoms with E-state index in [-0.39, 0.29) is 12.5 Å². The minimum Gasteiger partial charge on any atom is -0.394 e. The van der Waals surface area contributed by atoms with Gasteiger partial charge < -0.3 is 25.4 Å². The van der Waals surface area contributed by atoms with Gasteiger partial charge in [-0.05, 0) is 29.8 Å². The minimum atomic E-state index is -1.14. The Morgan fingerprint density at radius 3 is 2.50 bits per heavy atom. The fraction of sp³-hybridized carbons (Fsp3) is 0.350. The lowest BCUT2D eigenvalue weighted by Gasteiger charge is -2.41. The molecule has 3 rings (SSSR count). The summed E-state index contributed by atoms with van der Waals surface area (Å²) in [5.41, 5.74) is 1.67. The summed E-state index contributed by atoms with van der Waals surface area (Å²) in [6.45, 7) is 1.46. The second-order valence-corrected chi connectivity index (χ2v) is 6.56. The van der Waals surface area contributed by atoms with Crippen molar-refractivity contribution in [3.05, 3.63) is 65.7 Å². The zero-order chi connectivity index (χ0) is 18.7. The largest absolute Gasteiger partial charge is 0.394 e. The number of anilines is 1. The highest BCUT2D eigenvalue weighted by atomic mass is 16.5. The topological polar surface area (TPSA) is 99.0 Å². The summed E-state index contributed by atoms with van der Waals surface area (Å²) in [6.07, 6.45) is -3.56. The molecule has 2 aromatic rings. The molecule has 2 aromatic carbocycles. The third kappa shape index (κ3) is 3.78. The number of aliphatic hydroxyl groups excluding tert-OH is 3. The Morgan fingerprint density at radius 1 is 1.08 bits per heavy atom. The lowest BCUT2D eigenvalue weighted by molar-refractivity contribution is -0.206. The summed E-state index contributed by atoms with van der Waals surface area (Å²) in [5, 5.41) is 32.9. The first-order valence-corrected chi connectivity index (χ1v) is 8.60. The molecular weight excluding hydrogens is 334 g/mol. The molecule has 0 saturated carbocycles. The molecule has 0 aliphatic carbocycles. The van der Waals surface area contributed by atoms with Crippen LogP contribution in [0.4, 0.5) is 5.69 Å². The molecule has 5 unspecified atom stereocenters. The van der Waals surface area contributed by atoms with E-state index in [1.54, 1.807) is 43.3 Å². The number of ether oxygens (including phenoxy) is 1. The Labute approximate surface area is 152 Å². The highest BCUT2D eigenvalue weighted by Gasteiger charge is 2.42. The molecule has 138 valence electrons. The van der Waals surface area contributed by atoms with Gasteiger partial charge in [-0.3, -0.25) is 4.79 Å². The van der Waals surface area contributed by atoms with Crippen LogP contribution in [-0.4, -0.2) is 46.1 Å². The van der Waals surface area contributed by atoms with Crippen molar-refractivity contribution in [3.8, 4) is 0 Å². The molecule has 1 fully saturated rings. The summed E-state index contributed by atoms with van der Waals surface area (Å²) in [4.78, 5) is 12.5. The predicted molar refractivity (Wildman–Crippen MR) is 96.7 cm³/mol. The summed E-state index contributed by atoms with van der Waals surface area (Å²) in [6, 6.07) is 15.8. The molecule has 1 amide bonds. The predicted octanol–water partition coefficient (Wildman–Crippen LogP) is 1.73. The zero-order valence-electron chi connectivity index (χ0n) is 14.4. The van der Waals surface area contributed by atoms with E-state index in [0.29, 0.717) is 16.8 Å². The van der Waals surface area contributed by atoms with Crippen molar-refractivity contribution in [2.45, 2.75) is 31.3 Å². The molecule has 0 radical (unpaired) electrons. The monoisotopic (exact) mass is 357 g/mol. The highest BCUT2D eigenvalue weighted by Crippen LogP contribution is 2.35. The number of nitrogens with one attached hydrogen (secondary N) is 1. The fourth-order valence-corrected chi connectivity index (χ4v) is 3.17. The van der Waals surface area contributed by atoms with Crippen LogP contribution in [0.25, 0.3) is 0 Å². The van der Waals surface area contributed by atoms with E-state index in [2.05, 4.69) is 5.32 Å². The van der Waals surface area contributed by atoms with Gasteiger partial charge in [-0.2, -0.15) is 0 Å². The van der Waals surface area contributed by atoms with Gasteiger partial charge in [0.25, 0.3) is 5.91 Å². The van der Waals surface area contributed by atoms with E-state index in [4.69, 9.17) is 4.74 Å². The van der Waals surface area contributed by atoms with Crippen LogP contribution in [0.1, 0.15) is 28.9 Å². The molecule has 0 spiro atoms. The molecule has 4 N–H and O–H groups in total. The van der Waals surface area contributed by atoms with Gasteiger partial charge in [-0.25, -0.2) is 0 Å². The Bertz CT molecular complexity index is 749. The first-order valence-electron chi connectivity index (χ1n) is 8.60. The average molecular weight is 357 g/mol. The summed E-state index contributed by atoms with van der Waals surface area (Å²) < 4.78 is 5.78. The lowest BCUT2D eigenvalue weighted by Crippen LogP contribution is -2.50. The van der Waals surface area contributed by atoms with Crippen molar-refractivity contribution in [2.24, 2.45) is 5.92 Å². The Hall–Kier alpha value is -2.25. The molecular formula is C20H23NO5. The summed E-state index contributed by atoms with van der Waals surface area (Å²) >= 11 is 0. The van der Waals surface area contributed by atoms with E-state index >= 15 is 0 Å². The van der Waals surface area contributed by atoms with E-state index in [9.17, 15) is 20.1 Å². The normalized spacial score (nSPS) is 28.5. The molecule has 1 aliphatic rings. The van der Waals surface area contributed by atoms with E-state index in [1.165, 1.54) is 0 Å². The van der Waals surface area contributed by atoms with Crippen molar-refractivity contribution in [1.82, 2.24) is 0 Å². The smallest absolute Gasteiger partial charge is 0.255 e. The van der Waals surface area contributed by atoms with Crippen LogP contribution in [0.2, 0.25) is 0 Å². The Kier molecular flexibility index (Phi) is 5.68. The SMILES string of the molecule is CC1C(CO)OC(c2cccc(C(=O)Nc3ccccc3)c2)C(O)C1O. The van der Waals surface area contributed by atoms with Crippen LogP contribution in [-0.2, 0) is 4.74 Å². The Balaban J connectivity index is 1.81. The van der Waals surface area contributed by atoms with Crippen molar-refractivity contribution in [2.75, 3.05) is 11.9 Å². The lowest BCUT2D eigenvalue weighted by atomic mass is 9.85. The van der Waals surface area contributed by atoms with E-state index < -0.39 is 30.3 Å². The highest BCUT2D eigenvalue weighted by molar-refractivity contribution is 6.04. The van der Waals surface area contributed by atoms with Crippen molar-refractivity contribution < 1.29 is 24.9 Å². The summed E-state index contributed by atoms with van der Waals surface area (Å²) in [7, 11) is 0. The standard InChI is InChI=1S/C20H23NO5/c1-12-16(11-22)26-19(18(24)17(12)23)13-6-5-7-14(10-13)20(25)21-15-8-3-2-4-9-15/h2-10,12,16-19,22-24H,11H2,1H3,(H,21,25). The second-order valence-electron chi connectivity index (χ2n) is 6.56. The maximum Gasteiger partial charge on any atom is 0.255 e. The number of amides is 1. The number of benzene rings is 2. The second kappa shape index (κ2) is 7.97. The number of rotatable bonds is 4. The van der Waals surface area contributed by atoms with E-state index in [1.807, 2.05) is 18.2 Å². The molecule has 5 atom stereocenters. The first kappa shape index (κ1) is 18.5. The van der Waals surface area contributed by atoms with Gasteiger partial charge in [0, 0.05) is 17.2 Å². The number of hydrogen-bond donors (Lipinski definition) is 4. The van der Waals surface area contributed by atoms with Gasteiger partial charge >= 0.3 is 0 Å². The number of para-hydroxylation sites is 1. The number of hydrogen-bond acceptors (Lipinski definition) is 5. The molecule has 0 bridgehead atoms. The van der Waals surface area contributed by atoms with Gasteiger partial charge in [0.05, 0.1) is 18.8 Å². The molecule has 6 nitrogen and oxygen atoms in total. The molecule has 26 heavy (non-hydrogen) atoms. The third-order valence-electron chi connectivity index (χ3n) is 4.80. The number of carbonyl (C=O) groups is 1. The van der Waals surface area contributed by atoms with Crippen LogP contribution in [0.3, 0.4) is 0 Å². The Morgan fingerprint density at radius 2 is 1.81 bits per heavy atom. The van der Waals surface area contributed by atoms with Crippen LogP contribution >= 0.6 is 0 Å². The maximum atomic E-state index is 12.5. The van der Waals surface area contributed by atoms with Gasteiger partial charge in [-0.15, -0.1) is 0 Å². The van der Waals surface area contributed by atoms with Crippen LogP contribution in [0, 0.1) is 5.92 Å². The molecule has 6 heteroatoms. The van der Waals surface area contributed by atoms with Crippen LogP contribution in [0.5, 0.6) is 0 Å². The van der Waals surface area contributed by atoms with Gasteiger partial charge in [-0.1, -0.05) is 37.3 Å². The fourth-order valence-electron chi connectivity index (χ4n) is 3.17. The molecule has 0 aromatic heterocycles. The summed E-state index contributed by atoms with van der Waals surface area (Å²) in [5.74, 6) is -0.674. The van der Waals surface area contributed by atoms with Gasteiger partial charge in [0.2, 0.25) is 0 Å². The first-order chi connectivity index (χ1) is 12.5. The molecule has 1 aliphatic heterocycles.